The topological polar surface area (TPSA) is 67.3 Å². The van der Waals surface area contributed by atoms with Gasteiger partial charge in [-0.15, -0.1) is 0 Å². The summed E-state index contributed by atoms with van der Waals surface area (Å²) in [7, 11) is 1.66. The maximum atomic E-state index is 12.8. The molecule has 1 heterocycles. The minimum absolute atomic E-state index is 0.0606. The van der Waals surface area contributed by atoms with E-state index in [4.69, 9.17) is 17.0 Å². The molecule has 1 amide bonds. The second-order valence-corrected chi connectivity index (χ2v) is 8.59. The number of fused-ring (bicyclic) bond motifs is 1. The third-order valence-corrected chi connectivity index (χ3v) is 6.14. The van der Waals surface area contributed by atoms with Crippen LogP contribution in [0.1, 0.15) is 37.7 Å². The number of methoxy groups -OCH3 is 1. The zero-order chi connectivity index (χ0) is 23.5. The number of ether oxygens (including phenoxy) is 1. The third-order valence-electron chi connectivity index (χ3n) is 5.82. The number of unbranched alkanes of at least 4 members (excludes halogenated alkanes) is 2. The van der Waals surface area contributed by atoms with Crippen LogP contribution in [0, 0.1) is 4.77 Å². The van der Waals surface area contributed by atoms with Crippen LogP contribution in [-0.2, 0) is 22.5 Å². The Labute approximate surface area is 200 Å². The van der Waals surface area contributed by atoms with Crippen LogP contribution in [0.2, 0.25) is 0 Å². The van der Waals surface area contributed by atoms with E-state index < -0.39 is 0 Å². The first-order valence-electron chi connectivity index (χ1n) is 11.6. The molecule has 1 aromatic heterocycles. The highest BCUT2D eigenvalue weighted by Gasteiger charge is 2.13. The molecular formula is C26H33N3O3S. The summed E-state index contributed by atoms with van der Waals surface area (Å²) in [5, 5.41) is 0.644. The van der Waals surface area contributed by atoms with Crippen molar-refractivity contribution in [3.8, 4) is 0 Å². The number of para-hydroxylation sites is 1. The van der Waals surface area contributed by atoms with E-state index in [1.165, 1.54) is 5.56 Å². The SMILES string of the molecule is COCCN(CCCc1ccccc1)C(=O)CCCCCn1c(=S)[nH]c2ccccc2c1=O. The summed E-state index contributed by atoms with van der Waals surface area (Å²) < 4.78 is 7.26. The van der Waals surface area contributed by atoms with E-state index in [0.29, 0.717) is 36.3 Å². The van der Waals surface area contributed by atoms with Gasteiger partial charge in [0.05, 0.1) is 17.5 Å². The Morgan fingerprint density at radius 3 is 2.55 bits per heavy atom. The number of aromatic amines is 1. The molecule has 0 fully saturated rings. The number of rotatable bonds is 13. The Bertz CT molecular complexity index is 1140. The van der Waals surface area contributed by atoms with Crippen molar-refractivity contribution in [2.24, 2.45) is 0 Å². The van der Waals surface area contributed by atoms with Crippen LogP contribution in [0.15, 0.2) is 59.4 Å². The molecule has 0 aliphatic carbocycles. The fourth-order valence-corrected chi connectivity index (χ4v) is 4.25. The van der Waals surface area contributed by atoms with Gasteiger partial charge in [0.2, 0.25) is 5.91 Å². The summed E-state index contributed by atoms with van der Waals surface area (Å²) in [6.07, 6.45) is 4.85. The van der Waals surface area contributed by atoms with Gasteiger partial charge < -0.3 is 14.6 Å². The van der Waals surface area contributed by atoms with Gasteiger partial charge in [-0.25, -0.2) is 0 Å². The molecule has 0 spiro atoms. The van der Waals surface area contributed by atoms with Gasteiger partial charge in [0.1, 0.15) is 0 Å². The van der Waals surface area contributed by atoms with Crippen molar-refractivity contribution in [2.75, 3.05) is 26.8 Å². The normalized spacial score (nSPS) is 11.1. The maximum absolute atomic E-state index is 12.8. The molecule has 6 nitrogen and oxygen atoms in total. The number of H-pyrrole nitrogens is 1. The van der Waals surface area contributed by atoms with Crippen molar-refractivity contribution < 1.29 is 9.53 Å². The fraction of sp³-hybridized carbons (Fsp3) is 0.423. The van der Waals surface area contributed by atoms with Gasteiger partial charge in [-0.05, 0) is 55.6 Å². The van der Waals surface area contributed by atoms with E-state index >= 15 is 0 Å². The smallest absolute Gasteiger partial charge is 0.262 e. The number of carbonyl (C=O) groups excluding carboxylic acids is 1. The molecule has 0 saturated carbocycles. The molecule has 2 aromatic carbocycles. The molecule has 7 heteroatoms. The summed E-state index contributed by atoms with van der Waals surface area (Å²) in [6.45, 7) is 2.45. The third kappa shape index (κ3) is 7.37. The Kier molecular flexibility index (Phi) is 9.84. The lowest BCUT2D eigenvalue weighted by Crippen LogP contribution is -2.34. The minimum atomic E-state index is -0.0606. The van der Waals surface area contributed by atoms with Crippen LogP contribution < -0.4 is 5.56 Å². The van der Waals surface area contributed by atoms with Crippen LogP contribution in [0.4, 0.5) is 0 Å². The summed E-state index contributed by atoms with van der Waals surface area (Å²) in [4.78, 5) is 30.5. The lowest BCUT2D eigenvalue weighted by molar-refractivity contribution is -0.132. The molecule has 0 aliphatic heterocycles. The molecule has 176 valence electrons. The van der Waals surface area contributed by atoms with Crippen LogP contribution in [0.5, 0.6) is 0 Å². The van der Waals surface area contributed by atoms with Gasteiger partial charge in [-0.2, -0.15) is 0 Å². The largest absolute Gasteiger partial charge is 0.383 e. The van der Waals surface area contributed by atoms with Gasteiger partial charge in [-0.1, -0.05) is 48.9 Å². The Morgan fingerprint density at radius 1 is 1.00 bits per heavy atom. The fourth-order valence-electron chi connectivity index (χ4n) is 3.96. The Hall–Kier alpha value is -2.77. The van der Waals surface area contributed by atoms with Crippen molar-refractivity contribution in [1.82, 2.24) is 14.5 Å². The highest BCUT2D eigenvalue weighted by atomic mass is 32.1. The molecule has 0 unspecified atom stereocenters. The number of benzene rings is 2. The van der Waals surface area contributed by atoms with Gasteiger partial charge in [-0.3, -0.25) is 14.2 Å². The summed E-state index contributed by atoms with van der Waals surface area (Å²) in [5.74, 6) is 0.167. The Morgan fingerprint density at radius 2 is 1.76 bits per heavy atom. The van der Waals surface area contributed by atoms with E-state index in [1.54, 1.807) is 11.7 Å². The molecule has 33 heavy (non-hydrogen) atoms. The number of nitrogens with zero attached hydrogens (tertiary/aromatic N) is 2. The monoisotopic (exact) mass is 467 g/mol. The first-order valence-corrected chi connectivity index (χ1v) is 12.0. The van der Waals surface area contributed by atoms with Crippen LogP contribution in [-0.4, -0.2) is 47.2 Å². The van der Waals surface area contributed by atoms with Gasteiger partial charge in [0, 0.05) is 33.2 Å². The van der Waals surface area contributed by atoms with Gasteiger partial charge >= 0.3 is 0 Å². The first kappa shape index (κ1) is 24.9. The van der Waals surface area contributed by atoms with Gasteiger partial charge in [0.25, 0.3) is 5.56 Å². The molecule has 0 atom stereocenters. The standard InChI is InChI=1S/C26H33N3O3S/c1-32-20-19-28(17-10-13-21-11-4-2-5-12-21)24(30)16-6-3-9-18-29-25(31)22-14-7-8-15-23(22)27-26(29)33/h2,4-5,7-8,11-12,14-15H,3,6,9-10,13,16-20H2,1H3,(H,27,33). The maximum Gasteiger partial charge on any atom is 0.262 e. The molecule has 3 rings (SSSR count). The molecule has 0 radical (unpaired) electrons. The highest BCUT2D eigenvalue weighted by molar-refractivity contribution is 7.71. The number of aryl methyl sites for hydroxylation is 1. The van der Waals surface area contributed by atoms with Crippen molar-refractivity contribution in [3.05, 3.63) is 75.3 Å². The number of hydrogen-bond donors (Lipinski definition) is 1. The van der Waals surface area contributed by atoms with E-state index in [-0.39, 0.29) is 11.5 Å². The van der Waals surface area contributed by atoms with Crippen LogP contribution in [0.3, 0.4) is 0 Å². The van der Waals surface area contributed by atoms with Crippen molar-refractivity contribution in [3.63, 3.8) is 0 Å². The van der Waals surface area contributed by atoms with E-state index in [0.717, 1.165) is 44.2 Å². The average Bonchev–Trinajstić information content (AvgIpc) is 2.83. The van der Waals surface area contributed by atoms with E-state index in [1.807, 2.05) is 47.4 Å². The predicted octanol–water partition coefficient (Wildman–Crippen LogP) is 4.73. The van der Waals surface area contributed by atoms with Crippen LogP contribution >= 0.6 is 12.2 Å². The molecule has 1 N–H and O–H groups in total. The average molecular weight is 468 g/mol. The molecular weight excluding hydrogens is 434 g/mol. The summed E-state index contributed by atoms with van der Waals surface area (Å²) in [6, 6.07) is 17.7. The molecule has 0 saturated heterocycles. The van der Waals surface area contributed by atoms with Crippen LogP contribution in [0.25, 0.3) is 10.9 Å². The number of nitrogens with one attached hydrogen (secondary N) is 1. The second kappa shape index (κ2) is 13.1. The first-order chi connectivity index (χ1) is 16.1. The zero-order valence-electron chi connectivity index (χ0n) is 19.3. The minimum Gasteiger partial charge on any atom is -0.383 e. The number of hydrogen-bond acceptors (Lipinski definition) is 4. The lowest BCUT2D eigenvalue weighted by atomic mass is 10.1. The number of aromatic nitrogens is 2. The zero-order valence-corrected chi connectivity index (χ0v) is 20.1. The molecule has 0 bridgehead atoms. The molecule has 0 aliphatic rings. The van der Waals surface area contributed by atoms with Crippen molar-refractivity contribution >= 4 is 29.0 Å². The van der Waals surface area contributed by atoms with E-state index in [2.05, 4.69) is 17.1 Å². The lowest BCUT2D eigenvalue weighted by Gasteiger charge is -2.22. The van der Waals surface area contributed by atoms with Crippen molar-refractivity contribution in [2.45, 2.75) is 45.1 Å². The quantitative estimate of drug-likeness (QED) is 0.292. The number of amides is 1. The number of carbonyl (C=O) groups is 1. The highest BCUT2D eigenvalue weighted by Crippen LogP contribution is 2.10. The van der Waals surface area contributed by atoms with Gasteiger partial charge in [0.15, 0.2) is 4.77 Å². The second-order valence-electron chi connectivity index (χ2n) is 8.21. The summed E-state index contributed by atoms with van der Waals surface area (Å²) >= 11 is 5.37. The predicted molar refractivity (Wildman–Crippen MR) is 135 cm³/mol. The molecule has 3 aromatic rings. The van der Waals surface area contributed by atoms with E-state index in [9.17, 15) is 9.59 Å². The Balaban J connectivity index is 1.45. The summed E-state index contributed by atoms with van der Waals surface area (Å²) in [5.41, 5.74) is 1.99. The van der Waals surface area contributed by atoms with Crippen molar-refractivity contribution in [1.29, 1.82) is 0 Å².